The van der Waals surface area contributed by atoms with Crippen molar-refractivity contribution in [3.05, 3.63) is 77.3 Å². The molecule has 0 radical (unpaired) electrons. The molecule has 1 aromatic heterocycles. The lowest BCUT2D eigenvalue weighted by Gasteiger charge is -2.02. The van der Waals surface area contributed by atoms with E-state index in [-0.39, 0.29) is 5.82 Å². The molecule has 20 heavy (non-hydrogen) atoms. The van der Waals surface area contributed by atoms with E-state index in [1.54, 1.807) is 18.3 Å². The molecule has 0 fully saturated rings. The second kappa shape index (κ2) is 5.47. The van der Waals surface area contributed by atoms with Crippen molar-refractivity contribution in [3.63, 3.8) is 0 Å². The predicted octanol–water partition coefficient (Wildman–Crippen LogP) is 4.39. The molecule has 1 heterocycles. The fourth-order valence-corrected chi connectivity index (χ4v) is 2.31. The van der Waals surface area contributed by atoms with Gasteiger partial charge in [-0.15, -0.1) is 0 Å². The summed E-state index contributed by atoms with van der Waals surface area (Å²) in [6.07, 6.45) is 3.72. The molecule has 3 rings (SSSR count). The van der Waals surface area contributed by atoms with Gasteiger partial charge >= 0.3 is 0 Å². The van der Waals surface area contributed by atoms with Gasteiger partial charge < -0.3 is 0 Å². The SMILES string of the molecule is Fc1ccc(Cn2cc(-c3ccccc3Cl)cn2)cc1. The summed E-state index contributed by atoms with van der Waals surface area (Å²) < 4.78 is 14.7. The molecule has 4 heteroatoms. The van der Waals surface area contributed by atoms with E-state index in [2.05, 4.69) is 5.10 Å². The van der Waals surface area contributed by atoms with Crippen LogP contribution in [0.1, 0.15) is 5.56 Å². The molecule has 0 aliphatic carbocycles. The second-order valence-electron chi connectivity index (χ2n) is 4.53. The highest BCUT2D eigenvalue weighted by atomic mass is 35.5. The Morgan fingerprint density at radius 1 is 1.05 bits per heavy atom. The van der Waals surface area contributed by atoms with Gasteiger partial charge in [0.05, 0.1) is 12.7 Å². The predicted molar refractivity (Wildman–Crippen MR) is 78.2 cm³/mol. The Bertz CT molecular complexity index is 719. The summed E-state index contributed by atoms with van der Waals surface area (Å²) in [6.45, 7) is 0.602. The molecule has 0 aliphatic heterocycles. The van der Waals surface area contributed by atoms with Crippen LogP contribution in [0.2, 0.25) is 5.02 Å². The van der Waals surface area contributed by atoms with Crippen LogP contribution in [0, 0.1) is 5.82 Å². The lowest BCUT2D eigenvalue weighted by Crippen LogP contribution is -1.99. The van der Waals surface area contributed by atoms with Crippen LogP contribution in [0.4, 0.5) is 4.39 Å². The number of hydrogen-bond donors (Lipinski definition) is 0. The van der Waals surface area contributed by atoms with Crippen molar-refractivity contribution >= 4 is 11.6 Å². The third-order valence-electron chi connectivity index (χ3n) is 3.08. The van der Waals surface area contributed by atoms with Crippen LogP contribution in [-0.2, 0) is 6.54 Å². The first-order chi connectivity index (χ1) is 9.72. The molecule has 3 aromatic rings. The van der Waals surface area contributed by atoms with E-state index in [9.17, 15) is 4.39 Å². The number of hydrogen-bond acceptors (Lipinski definition) is 1. The number of aromatic nitrogens is 2. The van der Waals surface area contributed by atoms with E-state index >= 15 is 0 Å². The smallest absolute Gasteiger partial charge is 0.123 e. The van der Waals surface area contributed by atoms with Gasteiger partial charge in [-0.3, -0.25) is 4.68 Å². The Morgan fingerprint density at radius 3 is 2.55 bits per heavy atom. The standard InChI is InChI=1S/C16H12ClFN2/c17-16-4-2-1-3-15(16)13-9-19-20(11-13)10-12-5-7-14(18)8-6-12/h1-9,11H,10H2. The zero-order chi connectivity index (χ0) is 13.9. The minimum atomic E-state index is -0.231. The normalized spacial score (nSPS) is 10.7. The molecule has 0 atom stereocenters. The number of halogens is 2. The van der Waals surface area contributed by atoms with Gasteiger partial charge in [0.1, 0.15) is 5.82 Å². The Kier molecular flexibility index (Phi) is 3.52. The van der Waals surface area contributed by atoms with Crippen molar-refractivity contribution in [2.45, 2.75) is 6.54 Å². The lowest BCUT2D eigenvalue weighted by molar-refractivity contribution is 0.624. The Hall–Kier alpha value is -2.13. The van der Waals surface area contributed by atoms with Crippen molar-refractivity contribution < 1.29 is 4.39 Å². The van der Waals surface area contributed by atoms with Gasteiger partial charge in [0, 0.05) is 22.3 Å². The van der Waals surface area contributed by atoms with Gasteiger partial charge in [-0.05, 0) is 23.8 Å². The quantitative estimate of drug-likeness (QED) is 0.698. The summed E-state index contributed by atoms with van der Waals surface area (Å²) >= 11 is 6.17. The largest absolute Gasteiger partial charge is 0.268 e. The average molecular weight is 287 g/mol. The Labute approximate surface area is 121 Å². The van der Waals surface area contributed by atoms with E-state index in [0.717, 1.165) is 16.7 Å². The molecule has 0 aliphatic rings. The van der Waals surface area contributed by atoms with E-state index < -0.39 is 0 Å². The summed E-state index contributed by atoms with van der Waals surface area (Å²) in [4.78, 5) is 0. The van der Waals surface area contributed by atoms with Crippen LogP contribution in [0.5, 0.6) is 0 Å². The van der Waals surface area contributed by atoms with Gasteiger partial charge in [0.2, 0.25) is 0 Å². The molecular formula is C16H12ClFN2. The number of rotatable bonds is 3. The van der Waals surface area contributed by atoms with Crippen molar-refractivity contribution in [2.75, 3.05) is 0 Å². The number of benzene rings is 2. The molecule has 2 aromatic carbocycles. The van der Waals surface area contributed by atoms with E-state index in [1.165, 1.54) is 12.1 Å². The molecule has 0 unspecified atom stereocenters. The highest BCUT2D eigenvalue weighted by Crippen LogP contribution is 2.26. The summed E-state index contributed by atoms with van der Waals surface area (Å²) in [5.74, 6) is -0.231. The highest BCUT2D eigenvalue weighted by Gasteiger charge is 2.05. The van der Waals surface area contributed by atoms with Gasteiger partial charge in [-0.25, -0.2) is 4.39 Å². The molecule has 0 N–H and O–H groups in total. The van der Waals surface area contributed by atoms with Crippen LogP contribution in [-0.4, -0.2) is 9.78 Å². The molecule has 100 valence electrons. The fourth-order valence-electron chi connectivity index (χ4n) is 2.06. The molecule has 0 spiro atoms. The van der Waals surface area contributed by atoms with E-state index in [0.29, 0.717) is 11.6 Å². The van der Waals surface area contributed by atoms with Gasteiger partial charge in [-0.1, -0.05) is 41.9 Å². The van der Waals surface area contributed by atoms with Crippen LogP contribution in [0.3, 0.4) is 0 Å². The molecule has 2 nitrogen and oxygen atoms in total. The molecule has 0 amide bonds. The maximum Gasteiger partial charge on any atom is 0.123 e. The lowest BCUT2D eigenvalue weighted by atomic mass is 10.1. The highest BCUT2D eigenvalue weighted by molar-refractivity contribution is 6.33. The maximum atomic E-state index is 12.9. The Morgan fingerprint density at radius 2 is 1.80 bits per heavy atom. The molecule has 0 saturated carbocycles. The monoisotopic (exact) mass is 286 g/mol. The third kappa shape index (κ3) is 2.73. The van der Waals surface area contributed by atoms with Crippen molar-refractivity contribution in [1.29, 1.82) is 0 Å². The minimum absolute atomic E-state index is 0.231. The van der Waals surface area contributed by atoms with Gasteiger partial charge in [-0.2, -0.15) is 5.10 Å². The van der Waals surface area contributed by atoms with Gasteiger partial charge in [0.25, 0.3) is 0 Å². The van der Waals surface area contributed by atoms with Crippen LogP contribution in [0.25, 0.3) is 11.1 Å². The minimum Gasteiger partial charge on any atom is -0.268 e. The molecule has 0 saturated heterocycles. The summed E-state index contributed by atoms with van der Waals surface area (Å²) in [5.41, 5.74) is 2.93. The number of nitrogens with zero attached hydrogens (tertiary/aromatic N) is 2. The summed E-state index contributed by atoms with van der Waals surface area (Å²) in [6, 6.07) is 14.1. The first kappa shape index (κ1) is 12.9. The van der Waals surface area contributed by atoms with E-state index in [4.69, 9.17) is 11.6 Å². The van der Waals surface area contributed by atoms with Crippen LogP contribution < -0.4 is 0 Å². The topological polar surface area (TPSA) is 17.8 Å². The summed E-state index contributed by atoms with van der Waals surface area (Å²) in [7, 11) is 0. The van der Waals surface area contributed by atoms with Crippen LogP contribution >= 0.6 is 11.6 Å². The van der Waals surface area contributed by atoms with Crippen molar-refractivity contribution in [2.24, 2.45) is 0 Å². The third-order valence-corrected chi connectivity index (χ3v) is 3.41. The fraction of sp³-hybridized carbons (Fsp3) is 0.0625. The van der Waals surface area contributed by atoms with E-state index in [1.807, 2.05) is 35.1 Å². The molecule has 0 bridgehead atoms. The zero-order valence-electron chi connectivity index (χ0n) is 10.6. The van der Waals surface area contributed by atoms with Crippen molar-refractivity contribution in [3.8, 4) is 11.1 Å². The first-order valence-electron chi connectivity index (χ1n) is 6.24. The van der Waals surface area contributed by atoms with Gasteiger partial charge in [0.15, 0.2) is 0 Å². The second-order valence-corrected chi connectivity index (χ2v) is 4.94. The average Bonchev–Trinajstić information content (AvgIpc) is 2.90. The van der Waals surface area contributed by atoms with Crippen molar-refractivity contribution in [1.82, 2.24) is 9.78 Å². The molecular weight excluding hydrogens is 275 g/mol. The zero-order valence-corrected chi connectivity index (χ0v) is 11.4. The first-order valence-corrected chi connectivity index (χ1v) is 6.62. The maximum absolute atomic E-state index is 12.9. The van der Waals surface area contributed by atoms with Crippen LogP contribution in [0.15, 0.2) is 60.9 Å². The summed E-state index contributed by atoms with van der Waals surface area (Å²) in [5, 5.41) is 5.02. The Balaban J connectivity index is 1.84.